The van der Waals surface area contributed by atoms with E-state index in [-0.39, 0.29) is 55.9 Å². The van der Waals surface area contributed by atoms with Gasteiger partial charge in [0.05, 0.1) is 0 Å². The van der Waals surface area contributed by atoms with E-state index in [0.717, 1.165) is 0 Å². The molecule has 0 saturated carbocycles. The van der Waals surface area contributed by atoms with Gasteiger partial charge in [-0.3, -0.25) is 4.21 Å². The Morgan fingerprint density at radius 1 is 0.833 bits per heavy atom. The topological polar surface area (TPSA) is 252 Å². The van der Waals surface area contributed by atoms with E-state index in [4.69, 9.17) is 13.3 Å². The Morgan fingerprint density at radius 3 is 0.833 bits per heavy atom. The van der Waals surface area contributed by atoms with Crippen molar-refractivity contribution >= 4 is 43.3 Å². The van der Waals surface area contributed by atoms with Gasteiger partial charge in [0.25, 0.3) is 0 Å². The first kappa shape index (κ1) is 77.1. The van der Waals surface area contributed by atoms with Gasteiger partial charge in [0.15, 0.2) is 0 Å². The van der Waals surface area contributed by atoms with Gasteiger partial charge in [-0.1, -0.05) is 0 Å². The van der Waals surface area contributed by atoms with Crippen LogP contribution in [0.3, 0.4) is 0 Å². The second-order valence-corrected chi connectivity index (χ2v) is 2.45. The molecule has 0 aromatic carbocycles. The van der Waals surface area contributed by atoms with Crippen LogP contribution in [0.2, 0.25) is 0 Å². The van der Waals surface area contributed by atoms with Crippen LogP contribution in [0.25, 0.3) is 0 Å². The van der Waals surface area contributed by atoms with Crippen molar-refractivity contribution in [3.05, 3.63) is 0 Å². The van der Waals surface area contributed by atoms with Gasteiger partial charge in [0, 0.05) is 0 Å². The third kappa shape index (κ3) is 1560. The standard InChI is InChI=1S/Mg.H2O3S2.6H2O/c;1-5(2,3)4;;;;;;/h;(H2,1,2,3,4);6*1H2/q+2;;;;;;;/p-2. The first-order valence-corrected chi connectivity index (χ1v) is 3.00. The molecule has 0 heterocycles. The molecule has 0 aliphatic heterocycles. The Morgan fingerprint density at radius 2 is 0.833 bits per heavy atom. The smallest absolute Gasteiger partial charge is 0.780 e. The van der Waals surface area contributed by atoms with Crippen molar-refractivity contribution in [2.75, 3.05) is 0 Å². The zero-order chi connectivity index (χ0) is 4.50. The van der Waals surface area contributed by atoms with Crippen molar-refractivity contribution in [3.8, 4) is 0 Å². The van der Waals surface area contributed by atoms with Crippen molar-refractivity contribution in [2.24, 2.45) is 0 Å². The van der Waals surface area contributed by atoms with E-state index in [0.29, 0.717) is 0 Å². The molecule has 0 atom stereocenters. The molecule has 0 saturated heterocycles. The van der Waals surface area contributed by atoms with Crippen LogP contribution in [-0.4, -0.2) is 69.2 Å². The minimum absolute atomic E-state index is 0. The second-order valence-electron chi connectivity index (χ2n) is 0.408. The molecule has 0 rings (SSSR count). The van der Waals surface area contributed by atoms with Crippen LogP contribution in [0, 0.1) is 0 Å². The molecule has 12 heteroatoms. The predicted molar refractivity (Wildman–Crippen MR) is 44.5 cm³/mol. The van der Waals surface area contributed by atoms with E-state index in [1.54, 1.807) is 0 Å². The maximum atomic E-state index is 8.89. The molecule has 0 aliphatic rings. The fourth-order valence-electron chi connectivity index (χ4n) is 0. The molecule has 0 bridgehead atoms. The molecule has 0 unspecified atom stereocenters. The molecule has 12 N–H and O–H groups in total. The summed E-state index contributed by atoms with van der Waals surface area (Å²) < 4.78 is 26.7. The Labute approximate surface area is 89.5 Å². The average Bonchev–Trinajstić information content (AvgIpc) is 0.722. The van der Waals surface area contributed by atoms with Gasteiger partial charge in [-0.2, -0.15) is 0 Å². The zero-order valence-corrected chi connectivity index (χ0v) is 8.80. The maximum absolute atomic E-state index is 8.89. The minimum Gasteiger partial charge on any atom is -0.780 e. The van der Waals surface area contributed by atoms with Gasteiger partial charge in [-0.05, 0) is 11.2 Å². The number of rotatable bonds is 0. The molecule has 80 valence electrons. The second kappa shape index (κ2) is 29.8. The van der Waals surface area contributed by atoms with Crippen LogP contribution >= 0.6 is 0 Å². The van der Waals surface area contributed by atoms with Crippen molar-refractivity contribution in [1.82, 2.24) is 0 Å². The van der Waals surface area contributed by atoms with Gasteiger partial charge in [0.2, 0.25) is 0 Å². The van der Waals surface area contributed by atoms with Crippen LogP contribution < -0.4 is 0 Å². The summed E-state index contributed by atoms with van der Waals surface area (Å²) in [5, 5.41) is 0. The summed E-state index contributed by atoms with van der Waals surface area (Å²) in [7, 11) is -4.33. The number of hydrogen-bond acceptors (Lipinski definition) is 4. The molecule has 0 amide bonds. The van der Waals surface area contributed by atoms with Crippen molar-refractivity contribution in [1.29, 1.82) is 0 Å². The third-order valence-electron chi connectivity index (χ3n) is 0. The molecule has 9 nitrogen and oxygen atoms in total. The molecule has 0 aromatic rings. The van der Waals surface area contributed by atoms with E-state index in [1.807, 2.05) is 0 Å². The van der Waals surface area contributed by atoms with Gasteiger partial charge < -0.3 is 42.0 Å². The van der Waals surface area contributed by atoms with Gasteiger partial charge in [-0.15, -0.1) is 9.05 Å². The normalized spacial score (nSPS) is 4.83. The van der Waals surface area contributed by atoms with Crippen LogP contribution in [0.4, 0.5) is 0 Å². The summed E-state index contributed by atoms with van der Waals surface area (Å²) in [6.45, 7) is 0. The van der Waals surface area contributed by atoms with Crippen LogP contribution in [-0.2, 0) is 20.2 Å². The minimum atomic E-state index is -4.33. The monoisotopic (exact) mass is 244 g/mol. The first-order valence-electron chi connectivity index (χ1n) is 0.667. The molecule has 0 radical (unpaired) electrons. The van der Waals surface area contributed by atoms with Gasteiger partial charge >= 0.3 is 23.1 Å². The largest absolute Gasteiger partial charge is 2.00 e. The van der Waals surface area contributed by atoms with Crippen molar-refractivity contribution in [3.63, 3.8) is 0 Å². The van der Waals surface area contributed by atoms with Crippen LogP contribution in [0.15, 0.2) is 0 Å². The molecular formula is H12MgO9S2. The Bertz CT molecular complexity index is 95.7. The summed E-state index contributed by atoms with van der Waals surface area (Å²) in [5.74, 6) is 0. The van der Waals surface area contributed by atoms with Crippen molar-refractivity contribution < 1.29 is 46.2 Å². The fraction of sp³-hybridized carbons (Fsp3) is 0. The molecule has 0 spiro atoms. The predicted octanol–water partition coefficient (Wildman–Crippen LogP) is -6.34. The molecule has 0 aliphatic carbocycles. The van der Waals surface area contributed by atoms with E-state index >= 15 is 0 Å². The first-order chi connectivity index (χ1) is 2.00. The van der Waals surface area contributed by atoms with E-state index in [1.165, 1.54) is 0 Å². The average molecular weight is 245 g/mol. The summed E-state index contributed by atoms with van der Waals surface area (Å²) >= 11 is 3.24. The van der Waals surface area contributed by atoms with Crippen LogP contribution in [0.5, 0.6) is 0 Å². The third-order valence-corrected chi connectivity index (χ3v) is 0. The molecule has 12 heavy (non-hydrogen) atoms. The van der Waals surface area contributed by atoms with Crippen molar-refractivity contribution in [2.45, 2.75) is 0 Å². The van der Waals surface area contributed by atoms with Crippen LogP contribution in [0.1, 0.15) is 0 Å². The fourth-order valence-corrected chi connectivity index (χ4v) is 0. The molecule has 0 fully saturated rings. The van der Waals surface area contributed by atoms with E-state index in [9.17, 15) is 0 Å². The molecule has 0 aromatic heterocycles. The summed E-state index contributed by atoms with van der Waals surface area (Å²) in [4.78, 5) is 0. The maximum Gasteiger partial charge on any atom is 2.00 e. The Kier molecular flexibility index (Phi) is 191. The SMILES string of the molecule is O.O.O.O.O.O.O=S([O-])([O-])=S.[Mg+2]. The summed E-state index contributed by atoms with van der Waals surface area (Å²) in [5.41, 5.74) is 0. The summed E-state index contributed by atoms with van der Waals surface area (Å²) in [6.07, 6.45) is 0. The quantitative estimate of drug-likeness (QED) is 0.376. The zero-order valence-electron chi connectivity index (χ0n) is 5.75. The summed E-state index contributed by atoms with van der Waals surface area (Å²) in [6, 6.07) is 0. The molecular weight excluding hydrogens is 232 g/mol. The van der Waals surface area contributed by atoms with E-state index in [2.05, 4.69) is 11.2 Å². The Balaban J connectivity index is -0.00000000381. The van der Waals surface area contributed by atoms with E-state index < -0.39 is 9.05 Å². The number of hydrogen-bond donors (Lipinski definition) is 0. The van der Waals surface area contributed by atoms with Gasteiger partial charge in [0.1, 0.15) is 0 Å². The van der Waals surface area contributed by atoms with Gasteiger partial charge in [-0.25, -0.2) is 0 Å². The Hall–Kier alpha value is 0.816.